The summed E-state index contributed by atoms with van der Waals surface area (Å²) < 4.78 is 10.8. The number of nitrogens with one attached hydrogen (secondary N) is 1. The van der Waals surface area contributed by atoms with Gasteiger partial charge in [-0.1, -0.05) is 12.1 Å². The molecule has 7 heteroatoms. The first-order valence-corrected chi connectivity index (χ1v) is 9.41. The fraction of sp³-hybridized carbons (Fsp3) is 0.263. The standard InChI is InChI=1S/C19H17N3O3S/c23-19-13-5-6-22(9-12-3-4-15-16(8-12)25-11-24-15)10-14(13)20-18(21-19)17-2-1-7-26-17/h1-4,7-8H,5-6,9-11H2,(H,20,21,23). The van der Waals surface area contributed by atoms with Gasteiger partial charge in [0.05, 0.1) is 10.6 Å². The molecule has 132 valence electrons. The summed E-state index contributed by atoms with van der Waals surface area (Å²) in [4.78, 5) is 23.4. The monoisotopic (exact) mass is 367 g/mol. The summed E-state index contributed by atoms with van der Waals surface area (Å²) in [5, 5.41) is 1.99. The van der Waals surface area contributed by atoms with E-state index in [4.69, 9.17) is 14.5 Å². The largest absolute Gasteiger partial charge is 0.454 e. The second-order valence-corrected chi connectivity index (χ2v) is 7.41. The van der Waals surface area contributed by atoms with Gasteiger partial charge in [-0.05, 0) is 35.6 Å². The lowest BCUT2D eigenvalue weighted by molar-refractivity contribution is 0.174. The molecular weight excluding hydrogens is 350 g/mol. The molecule has 0 bridgehead atoms. The van der Waals surface area contributed by atoms with Crippen LogP contribution in [0.5, 0.6) is 11.5 Å². The van der Waals surface area contributed by atoms with Crippen molar-refractivity contribution in [1.29, 1.82) is 0 Å². The molecule has 1 aromatic carbocycles. The molecule has 0 saturated carbocycles. The van der Waals surface area contributed by atoms with Crippen LogP contribution in [0.25, 0.3) is 10.7 Å². The number of aromatic nitrogens is 2. The van der Waals surface area contributed by atoms with Crippen LogP contribution in [-0.4, -0.2) is 28.2 Å². The molecule has 2 aliphatic heterocycles. The predicted octanol–water partition coefficient (Wildman–Crippen LogP) is 2.79. The molecule has 0 spiro atoms. The molecule has 4 heterocycles. The molecule has 2 aliphatic rings. The molecule has 0 atom stereocenters. The third-order valence-electron chi connectivity index (χ3n) is 4.75. The number of benzene rings is 1. The van der Waals surface area contributed by atoms with Crippen LogP contribution in [0.1, 0.15) is 16.8 Å². The topological polar surface area (TPSA) is 67.5 Å². The molecule has 1 N–H and O–H groups in total. The number of nitrogens with zero attached hydrogens (tertiary/aromatic N) is 2. The van der Waals surface area contributed by atoms with E-state index in [0.717, 1.165) is 40.7 Å². The van der Waals surface area contributed by atoms with E-state index in [1.165, 1.54) is 5.56 Å². The summed E-state index contributed by atoms with van der Waals surface area (Å²) in [5.41, 5.74) is 2.85. The highest BCUT2D eigenvalue weighted by atomic mass is 32.1. The summed E-state index contributed by atoms with van der Waals surface area (Å²) >= 11 is 1.58. The van der Waals surface area contributed by atoms with Crippen molar-refractivity contribution in [2.45, 2.75) is 19.5 Å². The zero-order valence-corrected chi connectivity index (χ0v) is 14.8. The second-order valence-electron chi connectivity index (χ2n) is 6.47. The lowest BCUT2D eigenvalue weighted by Gasteiger charge is -2.27. The van der Waals surface area contributed by atoms with Gasteiger partial charge in [-0.25, -0.2) is 4.98 Å². The van der Waals surface area contributed by atoms with Crippen molar-refractivity contribution in [3.8, 4) is 22.2 Å². The minimum absolute atomic E-state index is 0.0128. The molecule has 6 nitrogen and oxygen atoms in total. The zero-order valence-electron chi connectivity index (χ0n) is 14.0. The molecule has 0 saturated heterocycles. The Morgan fingerprint density at radius 3 is 3.04 bits per heavy atom. The van der Waals surface area contributed by atoms with Gasteiger partial charge in [0.25, 0.3) is 5.56 Å². The van der Waals surface area contributed by atoms with E-state index in [1.54, 1.807) is 11.3 Å². The third kappa shape index (κ3) is 2.79. The molecule has 3 aromatic rings. The zero-order chi connectivity index (χ0) is 17.5. The average molecular weight is 367 g/mol. The third-order valence-corrected chi connectivity index (χ3v) is 5.63. The van der Waals surface area contributed by atoms with Crippen LogP contribution < -0.4 is 15.0 Å². The van der Waals surface area contributed by atoms with Crippen molar-refractivity contribution in [2.24, 2.45) is 0 Å². The molecule has 2 aromatic heterocycles. The Balaban J connectivity index is 1.40. The van der Waals surface area contributed by atoms with Gasteiger partial charge in [0.2, 0.25) is 6.79 Å². The van der Waals surface area contributed by atoms with Crippen LogP contribution in [-0.2, 0) is 19.5 Å². The maximum absolute atomic E-state index is 12.4. The van der Waals surface area contributed by atoms with E-state index < -0.39 is 0 Å². The molecule has 0 unspecified atom stereocenters. The Labute approximate surface area is 154 Å². The fourth-order valence-electron chi connectivity index (χ4n) is 3.46. The van der Waals surface area contributed by atoms with Crippen LogP contribution >= 0.6 is 11.3 Å². The van der Waals surface area contributed by atoms with Gasteiger partial charge in [0, 0.05) is 25.2 Å². The molecule has 0 aliphatic carbocycles. The number of fused-ring (bicyclic) bond motifs is 2. The van der Waals surface area contributed by atoms with Gasteiger partial charge in [0.15, 0.2) is 17.3 Å². The predicted molar refractivity (Wildman–Crippen MR) is 98.6 cm³/mol. The first-order valence-electron chi connectivity index (χ1n) is 8.53. The van der Waals surface area contributed by atoms with Crippen LogP contribution in [0.3, 0.4) is 0 Å². The van der Waals surface area contributed by atoms with Crippen molar-refractivity contribution >= 4 is 11.3 Å². The highest BCUT2D eigenvalue weighted by molar-refractivity contribution is 7.13. The molecule has 26 heavy (non-hydrogen) atoms. The Bertz CT molecular complexity index is 1010. The summed E-state index contributed by atoms with van der Waals surface area (Å²) in [5.74, 6) is 2.26. The van der Waals surface area contributed by atoms with Gasteiger partial charge >= 0.3 is 0 Å². The van der Waals surface area contributed by atoms with Crippen LogP contribution in [0.4, 0.5) is 0 Å². The van der Waals surface area contributed by atoms with Crippen molar-refractivity contribution < 1.29 is 9.47 Å². The van der Waals surface area contributed by atoms with Crippen molar-refractivity contribution in [3.63, 3.8) is 0 Å². The Morgan fingerprint density at radius 1 is 1.23 bits per heavy atom. The van der Waals surface area contributed by atoms with Crippen molar-refractivity contribution in [3.05, 3.63) is 62.9 Å². The van der Waals surface area contributed by atoms with E-state index in [-0.39, 0.29) is 12.4 Å². The van der Waals surface area contributed by atoms with Crippen molar-refractivity contribution in [1.82, 2.24) is 14.9 Å². The number of hydrogen-bond donors (Lipinski definition) is 1. The van der Waals surface area contributed by atoms with E-state index in [2.05, 4.69) is 16.0 Å². The Morgan fingerprint density at radius 2 is 2.15 bits per heavy atom. The van der Waals surface area contributed by atoms with Crippen molar-refractivity contribution in [2.75, 3.05) is 13.3 Å². The maximum Gasteiger partial charge on any atom is 0.254 e. The van der Waals surface area contributed by atoms with Gasteiger partial charge < -0.3 is 14.5 Å². The Hall–Kier alpha value is -2.64. The molecule has 0 radical (unpaired) electrons. The highest BCUT2D eigenvalue weighted by Crippen LogP contribution is 2.33. The fourth-order valence-corrected chi connectivity index (χ4v) is 4.13. The summed E-state index contributed by atoms with van der Waals surface area (Å²) in [7, 11) is 0. The number of aromatic amines is 1. The highest BCUT2D eigenvalue weighted by Gasteiger charge is 2.22. The number of ether oxygens (including phenoxy) is 2. The van der Waals surface area contributed by atoms with E-state index in [1.807, 2.05) is 29.6 Å². The molecule has 5 rings (SSSR count). The van der Waals surface area contributed by atoms with Gasteiger partial charge in [-0.2, -0.15) is 0 Å². The SMILES string of the molecule is O=c1[nH]c(-c2cccs2)nc2c1CCN(Cc1ccc3c(c1)OCO3)C2. The van der Waals surface area contributed by atoms with E-state index in [9.17, 15) is 4.79 Å². The maximum atomic E-state index is 12.4. The number of rotatable bonds is 3. The molecule has 0 amide bonds. The molecule has 0 fully saturated rings. The quantitative estimate of drug-likeness (QED) is 0.771. The first-order chi connectivity index (χ1) is 12.8. The second kappa shape index (κ2) is 6.26. The first kappa shape index (κ1) is 15.6. The van der Waals surface area contributed by atoms with E-state index in [0.29, 0.717) is 18.8 Å². The Kier molecular flexibility index (Phi) is 3.76. The lowest BCUT2D eigenvalue weighted by Crippen LogP contribution is -2.35. The molecular formula is C19H17N3O3S. The van der Waals surface area contributed by atoms with Crippen LogP contribution in [0, 0.1) is 0 Å². The summed E-state index contributed by atoms with van der Waals surface area (Å²) in [6.45, 7) is 2.59. The number of hydrogen-bond acceptors (Lipinski definition) is 6. The van der Waals surface area contributed by atoms with Gasteiger partial charge in [-0.3, -0.25) is 9.69 Å². The minimum Gasteiger partial charge on any atom is -0.454 e. The summed E-state index contributed by atoms with van der Waals surface area (Å²) in [6, 6.07) is 9.98. The smallest absolute Gasteiger partial charge is 0.254 e. The average Bonchev–Trinajstić information content (AvgIpc) is 3.33. The number of thiophene rings is 1. The van der Waals surface area contributed by atoms with E-state index >= 15 is 0 Å². The van der Waals surface area contributed by atoms with Gasteiger partial charge in [-0.15, -0.1) is 11.3 Å². The lowest BCUT2D eigenvalue weighted by atomic mass is 10.1. The van der Waals surface area contributed by atoms with Crippen LogP contribution in [0.2, 0.25) is 0 Å². The van der Waals surface area contributed by atoms with Gasteiger partial charge in [0.1, 0.15) is 0 Å². The summed E-state index contributed by atoms with van der Waals surface area (Å²) in [6.07, 6.45) is 0.715. The number of H-pyrrole nitrogens is 1. The minimum atomic E-state index is -0.0128. The van der Waals surface area contributed by atoms with Crippen LogP contribution in [0.15, 0.2) is 40.5 Å². The normalized spacial score (nSPS) is 15.8.